The van der Waals surface area contributed by atoms with Crippen LogP contribution in [0.25, 0.3) is 33.0 Å². The number of fused-ring (bicyclic) bond motifs is 4. The summed E-state index contributed by atoms with van der Waals surface area (Å²) in [4.78, 5) is 26.3. The van der Waals surface area contributed by atoms with E-state index >= 15 is 0 Å². The molecular formula is C26H25N5O4. The van der Waals surface area contributed by atoms with Crippen LogP contribution in [0.4, 0.5) is 11.5 Å². The van der Waals surface area contributed by atoms with Gasteiger partial charge < -0.3 is 29.8 Å². The molecule has 1 fully saturated rings. The van der Waals surface area contributed by atoms with Crippen molar-refractivity contribution in [2.24, 2.45) is 5.92 Å². The van der Waals surface area contributed by atoms with Gasteiger partial charge in [-0.3, -0.25) is 0 Å². The SMILES string of the molecule is Cc1nc(N2CC(CC(O)Nc3ccc4[nH]ccc4c3)CC2C(=O)O)c2oc3ccccc3c2n1. The molecule has 0 radical (unpaired) electrons. The lowest BCUT2D eigenvalue weighted by molar-refractivity contribution is -0.138. The van der Waals surface area contributed by atoms with Crippen molar-refractivity contribution >= 4 is 50.4 Å². The van der Waals surface area contributed by atoms with E-state index in [0.717, 1.165) is 22.0 Å². The highest BCUT2D eigenvalue weighted by molar-refractivity contribution is 6.06. The first kappa shape index (κ1) is 21.4. The van der Waals surface area contributed by atoms with Crippen LogP contribution in [0.1, 0.15) is 18.7 Å². The van der Waals surface area contributed by atoms with E-state index in [1.807, 2.05) is 54.7 Å². The number of hydrogen-bond donors (Lipinski definition) is 4. The molecule has 4 N–H and O–H groups in total. The van der Waals surface area contributed by atoms with Crippen molar-refractivity contribution in [1.82, 2.24) is 15.0 Å². The highest BCUT2D eigenvalue weighted by Crippen LogP contribution is 2.38. The molecule has 0 spiro atoms. The Hall–Kier alpha value is -4.11. The van der Waals surface area contributed by atoms with Crippen molar-refractivity contribution in [2.45, 2.75) is 32.0 Å². The first-order valence-corrected chi connectivity index (χ1v) is 11.6. The zero-order chi connectivity index (χ0) is 24.1. The number of nitrogens with one attached hydrogen (secondary N) is 2. The Morgan fingerprint density at radius 1 is 1.26 bits per heavy atom. The van der Waals surface area contributed by atoms with E-state index in [2.05, 4.69) is 20.3 Å². The van der Waals surface area contributed by atoms with Crippen molar-refractivity contribution in [3.05, 3.63) is 60.6 Å². The van der Waals surface area contributed by atoms with Crippen LogP contribution in [-0.4, -0.2) is 49.9 Å². The van der Waals surface area contributed by atoms with Gasteiger partial charge in [0.2, 0.25) is 0 Å². The van der Waals surface area contributed by atoms with Gasteiger partial charge in [-0.15, -0.1) is 0 Å². The number of para-hydroxylation sites is 1. The monoisotopic (exact) mass is 471 g/mol. The zero-order valence-electron chi connectivity index (χ0n) is 19.1. The normalized spacial score (nSPS) is 19.1. The molecule has 35 heavy (non-hydrogen) atoms. The number of rotatable bonds is 6. The molecule has 1 saturated heterocycles. The fourth-order valence-electron chi connectivity index (χ4n) is 5.15. The summed E-state index contributed by atoms with van der Waals surface area (Å²) in [6.45, 7) is 2.23. The summed E-state index contributed by atoms with van der Waals surface area (Å²) in [5.74, 6) is 0.0603. The lowest BCUT2D eigenvalue weighted by atomic mass is 10.0. The number of carbonyl (C=O) groups is 1. The number of furan rings is 1. The second-order valence-corrected chi connectivity index (χ2v) is 9.15. The van der Waals surface area contributed by atoms with Gasteiger partial charge in [-0.1, -0.05) is 12.1 Å². The highest BCUT2D eigenvalue weighted by atomic mass is 16.4. The first-order chi connectivity index (χ1) is 17.0. The smallest absolute Gasteiger partial charge is 0.326 e. The van der Waals surface area contributed by atoms with Crippen LogP contribution in [-0.2, 0) is 4.79 Å². The van der Waals surface area contributed by atoms with E-state index in [1.54, 1.807) is 11.8 Å². The number of aromatic amines is 1. The van der Waals surface area contributed by atoms with Crippen molar-refractivity contribution < 1.29 is 19.4 Å². The number of aliphatic hydroxyl groups is 1. The maximum atomic E-state index is 12.2. The Morgan fingerprint density at radius 2 is 2.11 bits per heavy atom. The minimum absolute atomic E-state index is 0.0516. The van der Waals surface area contributed by atoms with E-state index in [4.69, 9.17) is 4.42 Å². The van der Waals surface area contributed by atoms with Crippen molar-refractivity contribution in [3.8, 4) is 0 Å². The maximum Gasteiger partial charge on any atom is 0.326 e. The summed E-state index contributed by atoms with van der Waals surface area (Å²) in [5.41, 5.74) is 3.69. The number of hydrogen-bond acceptors (Lipinski definition) is 7. The minimum Gasteiger partial charge on any atom is -0.480 e. The molecule has 2 aromatic carbocycles. The molecule has 1 aliphatic rings. The molecule has 9 heteroatoms. The number of benzene rings is 2. The molecule has 3 unspecified atom stereocenters. The molecule has 4 heterocycles. The fraction of sp³-hybridized carbons (Fsp3) is 0.269. The van der Waals surface area contributed by atoms with Gasteiger partial charge in [-0.05, 0) is 62.1 Å². The Morgan fingerprint density at radius 3 is 2.97 bits per heavy atom. The molecule has 0 aliphatic carbocycles. The van der Waals surface area contributed by atoms with Gasteiger partial charge in [0.25, 0.3) is 0 Å². The lowest BCUT2D eigenvalue weighted by Gasteiger charge is -2.23. The molecule has 1 aliphatic heterocycles. The number of aryl methyl sites for hydroxylation is 1. The number of anilines is 2. The Labute approximate surface area is 200 Å². The zero-order valence-corrected chi connectivity index (χ0v) is 19.1. The van der Waals surface area contributed by atoms with Crippen LogP contribution in [0.5, 0.6) is 0 Å². The number of aromatic nitrogens is 3. The largest absolute Gasteiger partial charge is 0.480 e. The van der Waals surface area contributed by atoms with Crippen molar-refractivity contribution in [3.63, 3.8) is 0 Å². The highest BCUT2D eigenvalue weighted by Gasteiger charge is 2.40. The number of aliphatic hydroxyl groups excluding tert-OH is 1. The molecule has 0 saturated carbocycles. The quantitative estimate of drug-likeness (QED) is 0.271. The maximum absolute atomic E-state index is 12.2. The molecule has 178 valence electrons. The number of carboxylic acid groups (broad SMARTS) is 1. The predicted octanol–water partition coefficient (Wildman–Crippen LogP) is 4.27. The molecule has 0 amide bonds. The standard InChI is InChI=1S/C26H25N5O4/c1-14-28-23-18-4-2-3-5-21(18)35-24(23)25(29-14)31-13-15(10-20(31)26(33)34)11-22(32)30-17-6-7-19-16(12-17)8-9-27-19/h2-9,12,15,20,22,27,30,32H,10-11,13H2,1H3,(H,33,34). The van der Waals surface area contributed by atoms with E-state index in [9.17, 15) is 15.0 Å². The van der Waals surface area contributed by atoms with Gasteiger partial charge in [0.15, 0.2) is 11.4 Å². The molecule has 5 aromatic rings. The molecular weight excluding hydrogens is 446 g/mol. The molecule has 3 aromatic heterocycles. The third-order valence-corrected chi connectivity index (χ3v) is 6.70. The van der Waals surface area contributed by atoms with E-state index in [0.29, 0.717) is 47.7 Å². The number of carboxylic acids is 1. The average molecular weight is 472 g/mol. The van der Waals surface area contributed by atoms with E-state index in [-0.39, 0.29) is 5.92 Å². The number of nitrogens with zero attached hydrogens (tertiary/aromatic N) is 3. The summed E-state index contributed by atoms with van der Waals surface area (Å²) < 4.78 is 6.08. The van der Waals surface area contributed by atoms with Gasteiger partial charge in [-0.25, -0.2) is 14.8 Å². The summed E-state index contributed by atoms with van der Waals surface area (Å²) in [7, 11) is 0. The van der Waals surface area contributed by atoms with Crippen LogP contribution in [0.2, 0.25) is 0 Å². The van der Waals surface area contributed by atoms with Gasteiger partial charge in [0, 0.05) is 34.7 Å². The Bertz CT molecular complexity index is 1560. The van der Waals surface area contributed by atoms with Crippen LogP contribution < -0.4 is 10.2 Å². The van der Waals surface area contributed by atoms with Crippen LogP contribution >= 0.6 is 0 Å². The third kappa shape index (κ3) is 3.83. The van der Waals surface area contributed by atoms with Crippen LogP contribution in [0, 0.1) is 12.8 Å². The van der Waals surface area contributed by atoms with Crippen molar-refractivity contribution in [2.75, 3.05) is 16.8 Å². The van der Waals surface area contributed by atoms with Gasteiger partial charge in [0.1, 0.15) is 29.2 Å². The second kappa shape index (κ2) is 8.28. The summed E-state index contributed by atoms with van der Waals surface area (Å²) in [5, 5.41) is 25.8. The van der Waals surface area contributed by atoms with Gasteiger partial charge in [-0.2, -0.15) is 0 Å². The van der Waals surface area contributed by atoms with Crippen molar-refractivity contribution in [1.29, 1.82) is 0 Å². The van der Waals surface area contributed by atoms with Crippen LogP contribution in [0.15, 0.2) is 59.1 Å². The van der Waals surface area contributed by atoms with E-state index in [1.165, 1.54) is 0 Å². The topological polar surface area (TPSA) is 128 Å². The predicted molar refractivity (Wildman–Crippen MR) is 133 cm³/mol. The molecule has 0 bridgehead atoms. The molecule has 6 rings (SSSR count). The Balaban J connectivity index is 1.27. The minimum atomic E-state index is -0.923. The fourth-order valence-corrected chi connectivity index (χ4v) is 5.15. The second-order valence-electron chi connectivity index (χ2n) is 9.15. The Kier molecular flexibility index (Phi) is 5.07. The van der Waals surface area contributed by atoms with E-state index < -0.39 is 18.2 Å². The van der Waals surface area contributed by atoms with Gasteiger partial charge >= 0.3 is 5.97 Å². The molecule has 9 nitrogen and oxygen atoms in total. The third-order valence-electron chi connectivity index (χ3n) is 6.70. The average Bonchev–Trinajstić information content (AvgIpc) is 3.55. The summed E-state index contributed by atoms with van der Waals surface area (Å²) >= 11 is 0. The molecule has 3 atom stereocenters. The first-order valence-electron chi connectivity index (χ1n) is 11.6. The number of aliphatic carboxylic acids is 1. The van der Waals surface area contributed by atoms with Gasteiger partial charge in [0.05, 0.1) is 0 Å². The summed E-state index contributed by atoms with van der Waals surface area (Å²) in [6.07, 6.45) is 1.86. The lowest BCUT2D eigenvalue weighted by Crippen LogP contribution is -2.36. The summed E-state index contributed by atoms with van der Waals surface area (Å²) in [6, 6.07) is 14.6. The van der Waals surface area contributed by atoms with Crippen LogP contribution in [0.3, 0.4) is 0 Å². The number of H-pyrrole nitrogens is 1.